The van der Waals surface area contributed by atoms with E-state index in [2.05, 4.69) is 4.99 Å². The van der Waals surface area contributed by atoms with Crippen molar-refractivity contribution in [1.29, 1.82) is 0 Å². The molecule has 3 nitrogen and oxygen atoms in total. The summed E-state index contributed by atoms with van der Waals surface area (Å²) in [4.78, 5) is 15.3. The second kappa shape index (κ2) is 7.80. The number of nitrogens with zero attached hydrogens (tertiary/aromatic N) is 1. The molecule has 0 rings (SSSR count). The molecule has 0 N–H and O–H groups in total. The summed E-state index contributed by atoms with van der Waals surface area (Å²) in [5.41, 5.74) is 0.870. The highest BCUT2D eigenvalue weighted by atomic mass is 35.5. The van der Waals surface area contributed by atoms with Crippen LogP contribution in [0, 0.1) is 0 Å². The minimum atomic E-state index is -0.186. The largest absolute Gasteiger partial charge is 0.466 e. The number of ether oxygens (including phenoxy) is 1. The van der Waals surface area contributed by atoms with Crippen LogP contribution in [0.25, 0.3) is 0 Å². The predicted octanol–water partition coefficient (Wildman–Crippen LogP) is 2.42. The van der Waals surface area contributed by atoms with Crippen molar-refractivity contribution in [2.45, 2.75) is 39.7 Å². The first-order valence-corrected chi connectivity index (χ1v) is 5.40. The first kappa shape index (κ1) is 13.4. The average molecular weight is 220 g/mol. The normalized spacial score (nSPS) is 11.9. The highest BCUT2D eigenvalue weighted by Crippen LogP contribution is 2.01. The van der Waals surface area contributed by atoms with Gasteiger partial charge in [0.25, 0.3) is 0 Å². The fraction of sp³-hybridized carbons (Fsp3) is 0.800. The van der Waals surface area contributed by atoms with Crippen LogP contribution in [0.1, 0.15) is 33.6 Å². The van der Waals surface area contributed by atoms with Gasteiger partial charge >= 0.3 is 5.97 Å². The van der Waals surface area contributed by atoms with E-state index in [0.717, 1.165) is 5.71 Å². The van der Waals surface area contributed by atoms with Gasteiger partial charge in [-0.1, -0.05) is 0 Å². The second-order valence-electron chi connectivity index (χ2n) is 3.23. The smallest absolute Gasteiger partial charge is 0.306 e. The maximum Gasteiger partial charge on any atom is 0.306 e. The quantitative estimate of drug-likeness (QED) is 0.391. The van der Waals surface area contributed by atoms with Gasteiger partial charge in [-0.15, -0.1) is 11.6 Å². The molecule has 0 heterocycles. The number of aliphatic imine (C=N–C) groups is 1. The maximum atomic E-state index is 11.0. The third-order valence-corrected chi connectivity index (χ3v) is 1.83. The molecule has 14 heavy (non-hydrogen) atoms. The topological polar surface area (TPSA) is 38.7 Å². The van der Waals surface area contributed by atoms with Gasteiger partial charge in [-0.3, -0.25) is 9.79 Å². The zero-order chi connectivity index (χ0) is 11.0. The number of hydrogen-bond acceptors (Lipinski definition) is 3. The van der Waals surface area contributed by atoms with Crippen LogP contribution in [0.2, 0.25) is 0 Å². The summed E-state index contributed by atoms with van der Waals surface area (Å²) in [6.45, 7) is 6.19. The van der Waals surface area contributed by atoms with E-state index in [0.29, 0.717) is 25.3 Å². The first-order chi connectivity index (χ1) is 6.60. The summed E-state index contributed by atoms with van der Waals surface area (Å²) >= 11 is 5.69. The second-order valence-corrected chi connectivity index (χ2v) is 3.49. The summed E-state index contributed by atoms with van der Waals surface area (Å²) < 4.78 is 4.80. The van der Waals surface area contributed by atoms with Gasteiger partial charge < -0.3 is 4.74 Å². The Kier molecular flexibility index (Phi) is 7.48. The van der Waals surface area contributed by atoms with E-state index in [9.17, 15) is 4.79 Å². The number of alkyl halides is 1. The third-order valence-electron chi connectivity index (χ3n) is 1.52. The van der Waals surface area contributed by atoms with E-state index in [1.54, 1.807) is 6.92 Å². The first-order valence-electron chi connectivity index (χ1n) is 4.87. The predicted molar refractivity (Wildman–Crippen MR) is 59.2 cm³/mol. The Labute approximate surface area is 90.5 Å². The van der Waals surface area contributed by atoms with Crippen molar-refractivity contribution in [3.8, 4) is 0 Å². The number of carbonyl (C=O) groups excluding carboxylic acids is 1. The summed E-state index contributed by atoms with van der Waals surface area (Å²) in [7, 11) is 0. The molecule has 0 fully saturated rings. The van der Waals surface area contributed by atoms with E-state index < -0.39 is 0 Å². The highest BCUT2D eigenvalue weighted by molar-refractivity contribution is 6.28. The van der Waals surface area contributed by atoms with Crippen molar-refractivity contribution in [1.82, 2.24) is 0 Å². The van der Waals surface area contributed by atoms with E-state index in [-0.39, 0.29) is 12.0 Å². The number of hydrogen-bond donors (Lipinski definition) is 0. The average Bonchev–Trinajstić information content (AvgIpc) is 2.12. The van der Waals surface area contributed by atoms with Crippen LogP contribution in [0.3, 0.4) is 0 Å². The van der Waals surface area contributed by atoms with Crippen molar-refractivity contribution >= 4 is 23.3 Å². The minimum absolute atomic E-state index is 0.186. The number of rotatable bonds is 6. The Morgan fingerprint density at radius 1 is 1.43 bits per heavy atom. The Morgan fingerprint density at radius 3 is 2.50 bits per heavy atom. The van der Waals surface area contributed by atoms with Gasteiger partial charge in [0.05, 0.1) is 18.9 Å². The van der Waals surface area contributed by atoms with Crippen LogP contribution in [0.15, 0.2) is 4.99 Å². The molecule has 0 atom stereocenters. The monoisotopic (exact) mass is 219 g/mol. The lowest BCUT2D eigenvalue weighted by molar-refractivity contribution is -0.142. The van der Waals surface area contributed by atoms with E-state index >= 15 is 0 Å². The summed E-state index contributed by atoms with van der Waals surface area (Å²) in [5, 5.41) is 0. The molecule has 0 aromatic heterocycles. The van der Waals surface area contributed by atoms with Crippen molar-refractivity contribution in [3.05, 3.63) is 0 Å². The molecule has 0 aromatic carbocycles. The van der Waals surface area contributed by atoms with Crippen LogP contribution in [-0.2, 0) is 9.53 Å². The highest BCUT2D eigenvalue weighted by Gasteiger charge is 2.05. The number of halogens is 1. The molecular formula is C10H18ClNO2. The van der Waals surface area contributed by atoms with Crippen molar-refractivity contribution in [2.24, 2.45) is 4.99 Å². The van der Waals surface area contributed by atoms with E-state index in [1.807, 2.05) is 13.8 Å². The standard InChI is InChI=1S/C10H18ClNO2/c1-4-14-10(13)6-5-9(7-11)12-8(2)3/h8H,4-7H2,1-3H3. The molecule has 0 bridgehead atoms. The zero-order valence-electron chi connectivity index (χ0n) is 9.05. The fourth-order valence-electron chi connectivity index (χ4n) is 1.01. The van der Waals surface area contributed by atoms with E-state index in [1.165, 1.54) is 0 Å². The maximum absolute atomic E-state index is 11.0. The van der Waals surface area contributed by atoms with Crippen LogP contribution in [0.4, 0.5) is 0 Å². The Balaban J connectivity index is 3.90. The van der Waals surface area contributed by atoms with Gasteiger partial charge in [0.2, 0.25) is 0 Å². The molecule has 82 valence electrons. The van der Waals surface area contributed by atoms with Gasteiger partial charge in [-0.05, 0) is 27.2 Å². The summed E-state index contributed by atoms with van der Waals surface area (Å²) in [5.74, 6) is 0.200. The Hall–Kier alpha value is -0.570. The molecule has 4 heteroatoms. The lowest BCUT2D eigenvalue weighted by Crippen LogP contribution is -2.10. The minimum Gasteiger partial charge on any atom is -0.466 e. The van der Waals surface area contributed by atoms with Gasteiger partial charge in [0, 0.05) is 11.8 Å². The Bertz CT molecular complexity index is 202. The van der Waals surface area contributed by atoms with Gasteiger partial charge in [-0.25, -0.2) is 0 Å². The van der Waals surface area contributed by atoms with Crippen molar-refractivity contribution in [2.75, 3.05) is 12.5 Å². The third kappa shape index (κ3) is 6.89. The number of carbonyl (C=O) groups is 1. The van der Waals surface area contributed by atoms with E-state index in [4.69, 9.17) is 16.3 Å². The van der Waals surface area contributed by atoms with Crippen LogP contribution >= 0.6 is 11.6 Å². The van der Waals surface area contributed by atoms with Crippen molar-refractivity contribution < 1.29 is 9.53 Å². The SMILES string of the molecule is CCOC(=O)CCC(CCl)=NC(C)C. The van der Waals surface area contributed by atoms with Crippen molar-refractivity contribution in [3.63, 3.8) is 0 Å². The zero-order valence-corrected chi connectivity index (χ0v) is 9.80. The van der Waals surface area contributed by atoms with Crippen LogP contribution in [-0.4, -0.2) is 30.2 Å². The molecule has 0 amide bonds. The molecular weight excluding hydrogens is 202 g/mol. The molecule has 0 aromatic rings. The summed E-state index contributed by atoms with van der Waals surface area (Å²) in [6, 6.07) is 0.228. The van der Waals surface area contributed by atoms with Crippen LogP contribution < -0.4 is 0 Å². The molecule has 0 aliphatic heterocycles. The Morgan fingerprint density at radius 2 is 2.07 bits per heavy atom. The van der Waals surface area contributed by atoms with Gasteiger partial charge in [0.1, 0.15) is 0 Å². The number of esters is 1. The lowest BCUT2D eigenvalue weighted by Gasteiger charge is -2.05. The molecule has 0 saturated heterocycles. The summed E-state index contributed by atoms with van der Waals surface area (Å²) in [6.07, 6.45) is 0.965. The molecule has 0 unspecified atom stereocenters. The van der Waals surface area contributed by atoms with Gasteiger partial charge in [-0.2, -0.15) is 0 Å². The molecule has 0 saturated carbocycles. The lowest BCUT2D eigenvalue weighted by atomic mass is 10.2. The molecule has 0 aliphatic rings. The molecule has 0 aliphatic carbocycles. The van der Waals surface area contributed by atoms with Gasteiger partial charge in [0.15, 0.2) is 0 Å². The van der Waals surface area contributed by atoms with Crippen LogP contribution in [0.5, 0.6) is 0 Å². The fourth-order valence-corrected chi connectivity index (χ4v) is 1.21. The molecule has 0 radical (unpaired) electrons. The molecule has 0 spiro atoms.